The zero-order valence-electron chi connectivity index (χ0n) is 12.3. The van der Waals surface area contributed by atoms with Crippen molar-refractivity contribution >= 4 is 11.6 Å². The summed E-state index contributed by atoms with van der Waals surface area (Å²) in [4.78, 5) is 15.7. The molecule has 0 radical (unpaired) electrons. The van der Waals surface area contributed by atoms with Gasteiger partial charge in [-0.2, -0.15) is 0 Å². The summed E-state index contributed by atoms with van der Waals surface area (Å²) in [6.45, 7) is 5.02. The number of pyridine rings is 1. The Labute approximate surface area is 119 Å². The van der Waals surface area contributed by atoms with Crippen molar-refractivity contribution in [2.75, 3.05) is 32.1 Å². The molecule has 0 fully saturated rings. The Hall–Kier alpha value is -1.66. The van der Waals surface area contributed by atoms with Crippen LogP contribution in [-0.2, 0) is 4.74 Å². The zero-order chi connectivity index (χ0) is 15.0. The number of methoxy groups -OCH3 is 1. The second-order valence-electron chi connectivity index (χ2n) is 4.88. The van der Waals surface area contributed by atoms with Crippen LogP contribution in [0.1, 0.15) is 30.8 Å². The minimum absolute atomic E-state index is 0.206. The van der Waals surface area contributed by atoms with Crippen LogP contribution in [0.15, 0.2) is 18.3 Å². The Morgan fingerprint density at radius 1 is 1.55 bits per heavy atom. The number of rotatable bonds is 8. The minimum atomic E-state index is -0.870. The van der Waals surface area contributed by atoms with E-state index in [1.54, 1.807) is 32.4 Å². The number of anilines is 1. The molecule has 0 aliphatic carbocycles. The number of aliphatic hydroxyl groups is 1. The molecule has 0 saturated carbocycles. The third-order valence-corrected chi connectivity index (χ3v) is 2.85. The topological polar surface area (TPSA) is 83.5 Å². The van der Waals surface area contributed by atoms with Gasteiger partial charge >= 0.3 is 0 Å². The molecule has 0 saturated heterocycles. The number of carbonyl (C=O) groups excluding carboxylic acids is 1. The highest BCUT2D eigenvalue weighted by molar-refractivity contribution is 5.93. The molecule has 0 aliphatic rings. The van der Waals surface area contributed by atoms with E-state index >= 15 is 0 Å². The molecule has 3 N–H and O–H groups in total. The lowest BCUT2D eigenvalue weighted by molar-refractivity contribution is 0.0357. The third-order valence-electron chi connectivity index (χ3n) is 2.85. The van der Waals surface area contributed by atoms with E-state index in [1.807, 2.05) is 6.92 Å². The van der Waals surface area contributed by atoms with E-state index in [1.165, 1.54) is 0 Å². The number of ether oxygens (including phenoxy) is 1. The van der Waals surface area contributed by atoms with Gasteiger partial charge in [0.25, 0.3) is 5.91 Å². The molecule has 6 heteroatoms. The molecule has 0 spiro atoms. The van der Waals surface area contributed by atoms with Crippen molar-refractivity contribution in [2.24, 2.45) is 0 Å². The molecular weight excluding hydrogens is 258 g/mol. The second-order valence-corrected chi connectivity index (χ2v) is 4.88. The first-order valence-corrected chi connectivity index (χ1v) is 6.68. The van der Waals surface area contributed by atoms with E-state index in [4.69, 9.17) is 4.74 Å². The monoisotopic (exact) mass is 281 g/mol. The highest BCUT2D eigenvalue weighted by Crippen LogP contribution is 2.13. The van der Waals surface area contributed by atoms with Gasteiger partial charge in [0, 0.05) is 45.1 Å². The van der Waals surface area contributed by atoms with Gasteiger partial charge in [-0.3, -0.25) is 9.78 Å². The van der Waals surface area contributed by atoms with Gasteiger partial charge in [0.05, 0.1) is 5.60 Å². The zero-order valence-corrected chi connectivity index (χ0v) is 12.3. The number of hydrogen-bond donors (Lipinski definition) is 3. The van der Waals surface area contributed by atoms with E-state index in [2.05, 4.69) is 15.6 Å². The molecule has 6 nitrogen and oxygen atoms in total. The fourth-order valence-electron chi connectivity index (χ4n) is 1.62. The van der Waals surface area contributed by atoms with Crippen LogP contribution in [0, 0.1) is 0 Å². The first-order chi connectivity index (χ1) is 9.48. The first-order valence-electron chi connectivity index (χ1n) is 6.68. The summed E-state index contributed by atoms with van der Waals surface area (Å²) in [5.41, 5.74) is 0.234. The molecule has 1 rings (SSSR count). The molecule has 0 bridgehead atoms. The van der Waals surface area contributed by atoms with E-state index in [0.29, 0.717) is 31.8 Å². The van der Waals surface area contributed by atoms with Gasteiger partial charge in [0.1, 0.15) is 5.69 Å². The van der Waals surface area contributed by atoms with E-state index in [9.17, 15) is 9.90 Å². The van der Waals surface area contributed by atoms with Crippen LogP contribution < -0.4 is 10.6 Å². The van der Waals surface area contributed by atoms with E-state index < -0.39 is 5.60 Å². The molecule has 0 aliphatic heterocycles. The molecule has 1 aromatic rings. The number of nitrogens with zero attached hydrogens (tertiary/aromatic N) is 1. The van der Waals surface area contributed by atoms with Crippen LogP contribution in [0.4, 0.5) is 5.69 Å². The Bertz CT molecular complexity index is 435. The third kappa shape index (κ3) is 5.54. The van der Waals surface area contributed by atoms with Gasteiger partial charge < -0.3 is 20.5 Å². The molecule has 112 valence electrons. The average Bonchev–Trinajstić information content (AvgIpc) is 2.44. The molecule has 1 atom stereocenters. The van der Waals surface area contributed by atoms with Crippen LogP contribution in [0.2, 0.25) is 0 Å². The SMILES string of the molecule is CCNC(=O)c1cc(NCC(C)(O)CCOC)ccn1. The lowest BCUT2D eigenvalue weighted by Crippen LogP contribution is -2.34. The number of nitrogens with one attached hydrogen (secondary N) is 2. The molecule has 1 aromatic heterocycles. The highest BCUT2D eigenvalue weighted by Gasteiger charge is 2.19. The normalized spacial score (nSPS) is 13.6. The van der Waals surface area contributed by atoms with E-state index in [0.717, 1.165) is 5.69 Å². The second kappa shape index (κ2) is 7.81. The largest absolute Gasteiger partial charge is 0.388 e. The molecule has 1 amide bonds. The van der Waals surface area contributed by atoms with Gasteiger partial charge in [-0.25, -0.2) is 0 Å². The fourth-order valence-corrected chi connectivity index (χ4v) is 1.62. The van der Waals surface area contributed by atoms with Crippen molar-refractivity contribution in [1.29, 1.82) is 0 Å². The Morgan fingerprint density at radius 3 is 2.95 bits per heavy atom. The maximum atomic E-state index is 11.7. The van der Waals surface area contributed by atoms with Crippen molar-refractivity contribution < 1.29 is 14.6 Å². The molecule has 1 heterocycles. The summed E-state index contributed by atoms with van der Waals surface area (Å²) in [7, 11) is 1.60. The van der Waals surface area contributed by atoms with Crippen molar-refractivity contribution in [3.63, 3.8) is 0 Å². The van der Waals surface area contributed by atoms with Crippen LogP contribution in [-0.4, -0.2) is 48.4 Å². The summed E-state index contributed by atoms with van der Waals surface area (Å²) >= 11 is 0. The van der Waals surface area contributed by atoms with Crippen molar-refractivity contribution in [3.05, 3.63) is 24.0 Å². The van der Waals surface area contributed by atoms with Crippen LogP contribution in [0.3, 0.4) is 0 Å². The maximum absolute atomic E-state index is 11.7. The minimum Gasteiger partial charge on any atom is -0.388 e. The summed E-state index contributed by atoms with van der Waals surface area (Å²) in [6, 6.07) is 3.42. The van der Waals surface area contributed by atoms with Crippen molar-refractivity contribution in [3.8, 4) is 0 Å². The number of carbonyl (C=O) groups is 1. The predicted molar refractivity (Wildman–Crippen MR) is 77.9 cm³/mol. The lowest BCUT2D eigenvalue weighted by Gasteiger charge is -2.23. The van der Waals surface area contributed by atoms with Crippen molar-refractivity contribution in [2.45, 2.75) is 25.9 Å². The molecular formula is C14H23N3O3. The quantitative estimate of drug-likeness (QED) is 0.663. The van der Waals surface area contributed by atoms with Gasteiger partial charge in [-0.05, 0) is 26.0 Å². The Morgan fingerprint density at radius 2 is 2.30 bits per heavy atom. The van der Waals surface area contributed by atoms with Gasteiger partial charge in [0.2, 0.25) is 0 Å². The van der Waals surface area contributed by atoms with Crippen LogP contribution in [0.5, 0.6) is 0 Å². The number of amides is 1. The van der Waals surface area contributed by atoms with Crippen molar-refractivity contribution in [1.82, 2.24) is 10.3 Å². The lowest BCUT2D eigenvalue weighted by atomic mass is 10.0. The number of hydrogen-bond acceptors (Lipinski definition) is 5. The summed E-state index contributed by atoms with van der Waals surface area (Å²) in [5.74, 6) is -0.206. The smallest absolute Gasteiger partial charge is 0.269 e. The predicted octanol–water partition coefficient (Wildman–Crippen LogP) is 1.03. The van der Waals surface area contributed by atoms with E-state index in [-0.39, 0.29) is 5.91 Å². The summed E-state index contributed by atoms with van der Waals surface area (Å²) in [6.07, 6.45) is 2.10. The average molecular weight is 281 g/mol. The maximum Gasteiger partial charge on any atom is 0.269 e. The Kier molecular flexibility index (Phi) is 6.41. The molecule has 20 heavy (non-hydrogen) atoms. The first kappa shape index (κ1) is 16.4. The molecule has 0 aromatic carbocycles. The standard InChI is InChI=1S/C14H23N3O3/c1-4-15-13(18)12-9-11(5-7-16-12)17-10-14(2,19)6-8-20-3/h5,7,9,19H,4,6,8,10H2,1-3H3,(H,15,18)(H,16,17). The van der Waals surface area contributed by atoms with Gasteiger partial charge in [-0.1, -0.05) is 0 Å². The van der Waals surface area contributed by atoms with Gasteiger partial charge in [0.15, 0.2) is 0 Å². The van der Waals surface area contributed by atoms with Gasteiger partial charge in [-0.15, -0.1) is 0 Å². The fraction of sp³-hybridized carbons (Fsp3) is 0.571. The Balaban J connectivity index is 2.60. The van der Waals surface area contributed by atoms with Crippen LogP contribution >= 0.6 is 0 Å². The van der Waals surface area contributed by atoms with Crippen LogP contribution in [0.25, 0.3) is 0 Å². The number of aromatic nitrogens is 1. The summed E-state index contributed by atoms with van der Waals surface area (Å²) in [5, 5.41) is 15.9. The molecule has 1 unspecified atom stereocenters. The highest BCUT2D eigenvalue weighted by atomic mass is 16.5. The summed E-state index contributed by atoms with van der Waals surface area (Å²) < 4.78 is 4.96.